The van der Waals surface area contributed by atoms with Crippen LogP contribution in [0.25, 0.3) is 0 Å². The maximum Gasteiger partial charge on any atom is 0.188 e. The zero-order valence-electron chi connectivity index (χ0n) is 13.1. The zero-order chi connectivity index (χ0) is 15.8. The number of ether oxygens (including phenoxy) is 5. The summed E-state index contributed by atoms with van der Waals surface area (Å²) in [6.07, 6.45) is -0.0302. The highest BCUT2D eigenvalue weighted by atomic mass is 16.7. The van der Waals surface area contributed by atoms with Gasteiger partial charge < -0.3 is 23.7 Å². The van der Waals surface area contributed by atoms with Gasteiger partial charge in [-0.15, -0.1) is 0 Å². The van der Waals surface area contributed by atoms with Gasteiger partial charge in [-0.2, -0.15) is 0 Å². The summed E-state index contributed by atoms with van der Waals surface area (Å²) >= 11 is 0. The molecule has 2 aliphatic heterocycles. The highest BCUT2D eigenvalue weighted by molar-refractivity contribution is 5.52. The average Bonchev–Trinajstić information content (AvgIpc) is 2.97. The van der Waals surface area contributed by atoms with Crippen molar-refractivity contribution < 1.29 is 23.7 Å². The summed E-state index contributed by atoms with van der Waals surface area (Å²) in [6.45, 7) is 0.803. The van der Waals surface area contributed by atoms with Crippen molar-refractivity contribution in [3.63, 3.8) is 0 Å². The molecule has 2 atom stereocenters. The molecular weight excluding hydrogens is 296 g/mol. The Bertz CT molecular complexity index is 727. The van der Waals surface area contributed by atoms with Crippen LogP contribution in [0.3, 0.4) is 0 Å². The summed E-state index contributed by atoms with van der Waals surface area (Å²) in [5.41, 5.74) is 2.21. The van der Waals surface area contributed by atoms with Gasteiger partial charge in [0.15, 0.2) is 6.79 Å². The lowest BCUT2D eigenvalue weighted by atomic mass is 9.89. The molecule has 0 fully saturated rings. The van der Waals surface area contributed by atoms with Crippen LogP contribution in [0.2, 0.25) is 0 Å². The van der Waals surface area contributed by atoms with E-state index in [-0.39, 0.29) is 18.8 Å². The van der Waals surface area contributed by atoms with Crippen molar-refractivity contribution in [3.05, 3.63) is 47.5 Å². The quantitative estimate of drug-likeness (QED) is 0.810. The maximum absolute atomic E-state index is 6.18. The molecular formula is C18H18O5. The van der Waals surface area contributed by atoms with Crippen LogP contribution in [0.15, 0.2) is 36.4 Å². The molecule has 120 valence electrons. The summed E-state index contributed by atoms with van der Waals surface area (Å²) in [4.78, 5) is 0. The molecule has 2 aromatic rings. The fourth-order valence-corrected chi connectivity index (χ4v) is 3.16. The van der Waals surface area contributed by atoms with E-state index in [4.69, 9.17) is 23.7 Å². The van der Waals surface area contributed by atoms with E-state index >= 15 is 0 Å². The number of hydrogen-bond donors (Lipinski definition) is 0. The molecule has 23 heavy (non-hydrogen) atoms. The van der Waals surface area contributed by atoms with Gasteiger partial charge >= 0.3 is 0 Å². The van der Waals surface area contributed by atoms with Gasteiger partial charge in [0.2, 0.25) is 0 Å². The van der Waals surface area contributed by atoms with Gasteiger partial charge in [-0.3, -0.25) is 0 Å². The predicted molar refractivity (Wildman–Crippen MR) is 83.5 cm³/mol. The fourth-order valence-electron chi connectivity index (χ4n) is 3.16. The Kier molecular flexibility index (Phi) is 3.50. The second-order valence-corrected chi connectivity index (χ2v) is 5.61. The van der Waals surface area contributed by atoms with Crippen molar-refractivity contribution in [2.75, 3.05) is 27.6 Å². The number of fused-ring (bicyclic) bond motifs is 5. The minimum atomic E-state index is -0.0302. The van der Waals surface area contributed by atoms with E-state index in [2.05, 4.69) is 6.07 Å². The van der Waals surface area contributed by atoms with Gasteiger partial charge in [-0.1, -0.05) is 6.07 Å². The zero-order valence-corrected chi connectivity index (χ0v) is 13.1. The maximum atomic E-state index is 6.18. The number of hydrogen-bond acceptors (Lipinski definition) is 5. The summed E-state index contributed by atoms with van der Waals surface area (Å²) in [5.74, 6) is 3.40. The van der Waals surface area contributed by atoms with Crippen LogP contribution in [0.1, 0.15) is 23.1 Å². The Balaban J connectivity index is 1.64. The third-order valence-corrected chi connectivity index (χ3v) is 4.29. The molecule has 0 spiro atoms. The minimum absolute atomic E-state index is 0.0302. The molecule has 0 bridgehead atoms. The Morgan fingerprint density at radius 3 is 2.61 bits per heavy atom. The standard InChI is InChI=1S/C18H18O5/c1-19-10-22-12-4-6-14-16(8-12)21-9-15-13-5-3-11(20-2)7-17(13)23-18(14)15/h3-8,15,18H,9-10H2,1-2H3/t15-,18-/m1/s1. The normalized spacial score (nSPS) is 20.6. The molecule has 0 N–H and O–H groups in total. The molecule has 0 amide bonds. The van der Waals surface area contributed by atoms with Crippen molar-refractivity contribution in [1.29, 1.82) is 0 Å². The molecule has 0 radical (unpaired) electrons. The Morgan fingerprint density at radius 2 is 1.78 bits per heavy atom. The fraction of sp³-hybridized carbons (Fsp3) is 0.333. The average molecular weight is 314 g/mol. The molecule has 5 heteroatoms. The first kappa shape index (κ1) is 14.2. The number of rotatable bonds is 4. The summed E-state index contributed by atoms with van der Waals surface area (Å²) in [5, 5.41) is 0. The second-order valence-electron chi connectivity index (χ2n) is 5.61. The van der Waals surface area contributed by atoms with Crippen LogP contribution >= 0.6 is 0 Å². The molecule has 5 nitrogen and oxygen atoms in total. The number of benzene rings is 2. The van der Waals surface area contributed by atoms with E-state index in [0.29, 0.717) is 6.61 Å². The molecule has 0 unspecified atom stereocenters. The largest absolute Gasteiger partial charge is 0.497 e. The Hall–Kier alpha value is -2.40. The van der Waals surface area contributed by atoms with E-state index in [1.54, 1.807) is 14.2 Å². The Morgan fingerprint density at radius 1 is 1.00 bits per heavy atom. The van der Waals surface area contributed by atoms with Gasteiger partial charge in [-0.05, 0) is 18.2 Å². The van der Waals surface area contributed by atoms with Crippen molar-refractivity contribution in [2.45, 2.75) is 12.0 Å². The van der Waals surface area contributed by atoms with Crippen molar-refractivity contribution in [3.8, 4) is 23.0 Å². The topological polar surface area (TPSA) is 46.2 Å². The van der Waals surface area contributed by atoms with Crippen molar-refractivity contribution in [2.24, 2.45) is 0 Å². The van der Waals surface area contributed by atoms with E-state index in [9.17, 15) is 0 Å². The molecule has 0 aliphatic carbocycles. The summed E-state index contributed by atoms with van der Waals surface area (Å²) in [6, 6.07) is 11.8. The van der Waals surface area contributed by atoms with Gasteiger partial charge in [0.05, 0.1) is 19.6 Å². The summed E-state index contributed by atoms with van der Waals surface area (Å²) in [7, 11) is 3.25. The first-order valence-corrected chi connectivity index (χ1v) is 7.53. The first-order chi connectivity index (χ1) is 11.3. The third-order valence-electron chi connectivity index (χ3n) is 4.29. The smallest absolute Gasteiger partial charge is 0.188 e. The lowest BCUT2D eigenvalue weighted by molar-refractivity contribution is 0.0506. The highest BCUT2D eigenvalue weighted by Gasteiger charge is 2.40. The molecule has 4 rings (SSSR count). The molecule has 2 aliphatic rings. The molecule has 0 saturated carbocycles. The van der Waals surface area contributed by atoms with E-state index < -0.39 is 0 Å². The first-order valence-electron chi connectivity index (χ1n) is 7.53. The van der Waals surface area contributed by atoms with Crippen LogP contribution in [-0.4, -0.2) is 27.6 Å². The van der Waals surface area contributed by atoms with Crippen LogP contribution in [0.4, 0.5) is 0 Å². The van der Waals surface area contributed by atoms with Gasteiger partial charge in [0.25, 0.3) is 0 Å². The molecule has 0 aromatic heterocycles. The molecule has 2 heterocycles. The van der Waals surface area contributed by atoms with E-state index in [1.807, 2.05) is 30.3 Å². The lowest BCUT2D eigenvalue weighted by Crippen LogP contribution is -2.23. The van der Waals surface area contributed by atoms with E-state index in [0.717, 1.165) is 28.6 Å². The van der Waals surface area contributed by atoms with Crippen LogP contribution in [0.5, 0.6) is 23.0 Å². The van der Waals surface area contributed by atoms with Gasteiger partial charge in [0.1, 0.15) is 29.1 Å². The van der Waals surface area contributed by atoms with Crippen molar-refractivity contribution in [1.82, 2.24) is 0 Å². The minimum Gasteiger partial charge on any atom is -0.497 e. The molecule has 0 saturated heterocycles. The second kappa shape index (κ2) is 5.66. The van der Waals surface area contributed by atoms with Gasteiger partial charge in [-0.25, -0.2) is 0 Å². The highest BCUT2D eigenvalue weighted by Crippen LogP contribution is 2.52. The van der Waals surface area contributed by atoms with Crippen LogP contribution in [-0.2, 0) is 4.74 Å². The molecule has 2 aromatic carbocycles. The van der Waals surface area contributed by atoms with E-state index in [1.165, 1.54) is 5.56 Å². The predicted octanol–water partition coefficient (Wildman–Crippen LogP) is 3.29. The number of methoxy groups -OCH3 is 2. The monoisotopic (exact) mass is 314 g/mol. The van der Waals surface area contributed by atoms with Crippen LogP contribution < -0.4 is 18.9 Å². The Labute approximate surface area is 134 Å². The lowest BCUT2D eigenvalue weighted by Gasteiger charge is -2.28. The third kappa shape index (κ3) is 2.37. The van der Waals surface area contributed by atoms with Crippen molar-refractivity contribution >= 4 is 0 Å². The summed E-state index contributed by atoms with van der Waals surface area (Å²) < 4.78 is 27.8. The van der Waals surface area contributed by atoms with Gasteiger partial charge in [0, 0.05) is 30.4 Å². The van der Waals surface area contributed by atoms with Crippen LogP contribution in [0, 0.1) is 0 Å². The SMILES string of the molecule is COCOc1ccc2c(c1)OC[C@@H]1c3ccc(OC)cc3O[C@H]21.